The second-order valence-corrected chi connectivity index (χ2v) is 11.6. The number of aromatic nitrogens is 3. The van der Waals surface area contributed by atoms with Crippen molar-refractivity contribution in [2.45, 2.75) is 0 Å². The molecule has 2 aromatic heterocycles. The highest BCUT2D eigenvalue weighted by Crippen LogP contribution is 2.40. The predicted octanol–water partition coefficient (Wildman–Crippen LogP) is 11.2. The maximum Gasteiger partial charge on any atom is 0.0979 e. The van der Waals surface area contributed by atoms with E-state index in [-0.39, 0.29) is 0 Å². The van der Waals surface area contributed by atoms with Gasteiger partial charge in [0.15, 0.2) is 0 Å². The van der Waals surface area contributed by atoms with Crippen molar-refractivity contribution in [3.05, 3.63) is 164 Å². The third-order valence-corrected chi connectivity index (χ3v) is 8.91. The van der Waals surface area contributed by atoms with E-state index >= 15 is 0 Å². The topological polar surface area (TPSA) is 38.7 Å². The predicted molar refractivity (Wildman–Crippen MR) is 192 cm³/mol. The van der Waals surface area contributed by atoms with Gasteiger partial charge in [0.05, 0.1) is 27.9 Å². The lowest BCUT2D eigenvalue weighted by Crippen LogP contribution is -1.96. The van der Waals surface area contributed by atoms with Gasteiger partial charge in [0.25, 0.3) is 0 Å². The SMILES string of the molecule is c1ccc(-c2nc3ccccc3nc2-c2ccc(-c3ccc(-c4cc5cccnc5c5ccccc45)cc3)c3ccccc23)cc1. The third kappa shape index (κ3) is 4.33. The lowest BCUT2D eigenvalue weighted by molar-refractivity contribution is 1.30. The van der Waals surface area contributed by atoms with Gasteiger partial charge in [-0.2, -0.15) is 0 Å². The Balaban J connectivity index is 1.19. The fourth-order valence-electron chi connectivity index (χ4n) is 6.73. The first-order chi connectivity index (χ1) is 22.8. The minimum atomic E-state index is 0.887. The standard InChI is InChI=1S/C43H27N3/c1-2-11-30(12-3-1)42-43(46-40-19-9-8-18-39(40)45-42)37-25-24-32(33-14-4-5-15-34(33)37)28-20-22-29(23-21-28)38-27-31-13-10-26-44-41(31)36-17-7-6-16-35(36)38/h1-27H. The molecule has 3 heteroatoms. The van der Waals surface area contributed by atoms with Gasteiger partial charge in [-0.15, -0.1) is 0 Å². The Morgan fingerprint density at radius 1 is 0.348 bits per heavy atom. The molecule has 2 heterocycles. The van der Waals surface area contributed by atoms with Crippen LogP contribution >= 0.6 is 0 Å². The van der Waals surface area contributed by atoms with E-state index in [1.807, 2.05) is 42.6 Å². The van der Waals surface area contributed by atoms with E-state index in [4.69, 9.17) is 9.97 Å². The van der Waals surface area contributed by atoms with Crippen molar-refractivity contribution in [2.75, 3.05) is 0 Å². The van der Waals surface area contributed by atoms with E-state index in [9.17, 15) is 0 Å². The summed E-state index contributed by atoms with van der Waals surface area (Å²) in [5.74, 6) is 0. The minimum absolute atomic E-state index is 0.887. The first kappa shape index (κ1) is 26.2. The maximum atomic E-state index is 5.20. The summed E-state index contributed by atoms with van der Waals surface area (Å²) >= 11 is 0. The fourth-order valence-corrected chi connectivity index (χ4v) is 6.73. The molecule has 0 bridgehead atoms. The van der Waals surface area contributed by atoms with Crippen LogP contribution in [0.15, 0.2) is 164 Å². The molecule has 0 spiro atoms. The number of rotatable bonds is 4. The highest BCUT2D eigenvalue weighted by atomic mass is 14.8. The normalized spacial score (nSPS) is 11.5. The Kier molecular flexibility index (Phi) is 6.14. The van der Waals surface area contributed by atoms with Crippen LogP contribution in [-0.4, -0.2) is 15.0 Å². The number of hydrogen-bond donors (Lipinski definition) is 0. The van der Waals surface area contributed by atoms with Gasteiger partial charge in [0.1, 0.15) is 0 Å². The van der Waals surface area contributed by atoms with Gasteiger partial charge in [-0.25, -0.2) is 9.97 Å². The number of para-hydroxylation sites is 2. The van der Waals surface area contributed by atoms with Gasteiger partial charge < -0.3 is 0 Å². The number of pyridine rings is 1. The molecule has 0 unspecified atom stereocenters. The first-order valence-corrected chi connectivity index (χ1v) is 15.5. The quantitative estimate of drug-likeness (QED) is 0.193. The maximum absolute atomic E-state index is 5.20. The summed E-state index contributed by atoms with van der Waals surface area (Å²) in [5, 5.41) is 5.87. The Morgan fingerprint density at radius 3 is 1.61 bits per heavy atom. The second kappa shape index (κ2) is 10.8. The second-order valence-electron chi connectivity index (χ2n) is 11.6. The van der Waals surface area contributed by atoms with Crippen LogP contribution < -0.4 is 0 Å². The number of hydrogen-bond acceptors (Lipinski definition) is 3. The van der Waals surface area contributed by atoms with E-state index in [0.29, 0.717) is 0 Å². The van der Waals surface area contributed by atoms with E-state index < -0.39 is 0 Å². The molecular formula is C43H27N3. The molecule has 0 atom stereocenters. The Hall–Kier alpha value is -6.19. The summed E-state index contributed by atoms with van der Waals surface area (Å²) in [5.41, 5.74) is 11.5. The Labute approximate surface area is 266 Å². The van der Waals surface area contributed by atoms with E-state index in [2.05, 4.69) is 126 Å². The smallest absolute Gasteiger partial charge is 0.0979 e. The summed E-state index contributed by atoms with van der Waals surface area (Å²) in [7, 11) is 0. The van der Waals surface area contributed by atoms with Crippen LogP contribution in [0.25, 0.3) is 88.2 Å². The summed E-state index contributed by atoms with van der Waals surface area (Å²) in [6.45, 7) is 0. The molecule has 0 fully saturated rings. The van der Waals surface area contributed by atoms with E-state index in [0.717, 1.165) is 49.8 Å². The van der Waals surface area contributed by atoms with Crippen molar-refractivity contribution in [1.82, 2.24) is 15.0 Å². The van der Waals surface area contributed by atoms with Gasteiger partial charge >= 0.3 is 0 Å². The molecule has 0 amide bonds. The number of fused-ring (bicyclic) bond motifs is 5. The van der Waals surface area contributed by atoms with E-state index in [1.165, 1.54) is 38.4 Å². The Morgan fingerprint density at radius 2 is 0.891 bits per heavy atom. The molecule has 9 rings (SSSR count). The number of benzene rings is 7. The lowest BCUT2D eigenvalue weighted by Gasteiger charge is -2.15. The molecule has 0 aliphatic rings. The average Bonchev–Trinajstić information content (AvgIpc) is 3.14. The van der Waals surface area contributed by atoms with Crippen LogP contribution in [0.1, 0.15) is 0 Å². The summed E-state index contributed by atoms with van der Waals surface area (Å²) in [6, 6.07) is 55.4. The molecule has 0 saturated carbocycles. The van der Waals surface area contributed by atoms with Gasteiger partial charge in [-0.05, 0) is 62.7 Å². The molecule has 0 aliphatic heterocycles. The third-order valence-electron chi connectivity index (χ3n) is 8.91. The fraction of sp³-hybridized carbons (Fsp3) is 0. The minimum Gasteiger partial charge on any atom is -0.256 e. The summed E-state index contributed by atoms with van der Waals surface area (Å²) in [6.07, 6.45) is 1.87. The van der Waals surface area contributed by atoms with Gasteiger partial charge in [0, 0.05) is 28.1 Å². The molecule has 7 aromatic carbocycles. The Bertz CT molecular complexity index is 2570. The zero-order chi connectivity index (χ0) is 30.5. The van der Waals surface area contributed by atoms with Crippen LogP contribution in [0.4, 0.5) is 0 Å². The van der Waals surface area contributed by atoms with Crippen molar-refractivity contribution < 1.29 is 0 Å². The molecule has 46 heavy (non-hydrogen) atoms. The van der Waals surface area contributed by atoms with Gasteiger partial charge in [0.2, 0.25) is 0 Å². The zero-order valence-corrected chi connectivity index (χ0v) is 24.9. The average molecular weight is 586 g/mol. The van der Waals surface area contributed by atoms with Crippen LogP contribution in [0, 0.1) is 0 Å². The lowest BCUT2D eigenvalue weighted by atomic mass is 9.91. The zero-order valence-electron chi connectivity index (χ0n) is 24.9. The van der Waals surface area contributed by atoms with Crippen molar-refractivity contribution >= 4 is 43.5 Å². The van der Waals surface area contributed by atoms with Crippen LogP contribution in [0.2, 0.25) is 0 Å². The molecule has 0 N–H and O–H groups in total. The van der Waals surface area contributed by atoms with Crippen molar-refractivity contribution in [3.8, 4) is 44.8 Å². The van der Waals surface area contributed by atoms with Gasteiger partial charge in [-0.1, -0.05) is 133 Å². The summed E-state index contributed by atoms with van der Waals surface area (Å²) in [4.78, 5) is 15.0. The molecular weight excluding hydrogens is 558 g/mol. The highest BCUT2D eigenvalue weighted by molar-refractivity contribution is 6.12. The van der Waals surface area contributed by atoms with Crippen LogP contribution in [-0.2, 0) is 0 Å². The van der Waals surface area contributed by atoms with E-state index in [1.54, 1.807) is 0 Å². The molecule has 0 radical (unpaired) electrons. The molecule has 3 nitrogen and oxygen atoms in total. The van der Waals surface area contributed by atoms with Crippen molar-refractivity contribution in [3.63, 3.8) is 0 Å². The molecule has 0 saturated heterocycles. The monoisotopic (exact) mass is 585 g/mol. The van der Waals surface area contributed by atoms with Crippen molar-refractivity contribution in [1.29, 1.82) is 0 Å². The molecule has 9 aromatic rings. The van der Waals surface area contributed by atoms with Gasteiger partial charge in [-0.3, -0.25) is 4.98 Å². The van der Waals surface area contributed by atoms with Crippen molar-refractivity contribution in [2.24, 2.45) is 0 Å². The number of nitrogens with zero attached hydrogens (tertiary/aromatic N) is 3. The van der Waals surface area contributed by atoms with Crippen LogP contribution in [0.5, 0.6) is 0 Å². The molecule has 0 aliphatic carbocycles. The highest BCUT2D eigenvalue weighted by Gasteiger charge is 2.17. The van der Waals surface area contributed by atoms with Crippen LogP contribution in [0.3, 0.4) is 0 Å². The molecule has 214 valence electrons. The largest absolute Gasteiger partial charge is 0.256 e. The first-order valence-electron chi connectivity index (χ1n) is 15.5. The summed E-state index contributed by atoms with van der Waals surface area (Å²) < 4.78 is 0.